The van der Waals surface area contributed by atoms with Gasteiger partial charge in [-0.15, -0.1) is 11.3 Å². The fourth-order valence-corrected chi connectivity index (χ4v) is 3.61. The lowest BCUT2D eigenvalue weighted by Gasteiger charge is -2.03. The summed E-state index contributed by atoms with van der Waals surface area (Å²) < 4.78 is 28.3. The number of halogens is 2. The van der Waals surface area contributed by atoms with Gasteiger partial charge in [0.1, 0.15) is 0 Å². The summed E-state index contributed by atoms with van der Waals surface area (Å²) in [6.45, 7) is 5.60. The zero-order valence-corrected chi connectivity index (χ0v) is 15.7. The Labute approximate surface area is 153 Å². The molecule has 0 radical (unpaired) electrons. The Morgan fingerprint density at radius 2 is 1.96 bits per heavy atom. The quantitative estimate of drug-likeness (QED) is 0.751. The normalized spacial score (nSPS) is 11.0. The molecule has 0 saturated carbocycles. The van der Waals surface area contributed by atoms with E-state index < -0.39 is 11.6 Å². The molecule has 0 atom stereocenters. The van der Waals surface area contributed by atoms with E-state index >= 15 is 0 Å². The van der Waals surface area contributed by atoms with E-state index in [9.17, 15) is 13.6 Å². The van der Waals surface area contributed by atoms with E-state index in [1.54, 1.807) is 4.68 Å². The highest BCUT2D eigenvalue weighted by Crippen LogP contribution is 2.31. The Kier molecular flexibility index (Phi) is 4.86. The molecule has 2 heterocycles. The molecule has 2 aromatic heterocycles. The zero-order valence-electron chi connectivity index (χ0n) is 14.9. The van der Waals surface area contributed by atoms with Crippen LogP contribution in [0.1, 0.15) is 21.8 Å². The molecule has 0 fully saturated rings. The summed E-state index contributed by atoms with van der Waals surface area (Å²) in [5, 5.41) is 7.50. The Morgan fingerprint density at radius 1 is 1.23 bits per heavy atom. The van der Waals surface area contributed by atoms with Crippen molar-refractivity contribution >= 4 is 22.4 Å². The number of amides is 1. The average molecular weight is 376 g/mol. The minimum Gasteiger partial charge on any atom is -0.302 e. The van der Waals surface area contributed by atoms with Crippen molar-refractivity contribution in [1.29, 1.82) is 0 Å². The molecule has 0 aliphatic rings. The molecule has 3 rings (SSSR count). The van der Waals surface area contributed by atoms with Crippen molar-refractivity contribution in [2.24, 2.45) is 7.05 Å². The van der Waals surface area contributed by atoms with Gasteiger partial charge in [-0.05, 0) is 39.0 Å². The highest BCUT2D eigenvalue weighted by molar-refractivity contribution is 7.16. The number of benzene rings is 1. The number of carbonyl (C=O) groups is 1. The largest absolute Gasteiger partial charge is 0.302 e. The molecule has 26 heavy (non-hydrogen) atoms. The molecule has 3 aromatic rings. The lowest BCUT2D eigenvalue weighted by atomic mass is 10.1. The van der Waals surface area contributed by atoms with Gasteiger partial charge in [-0.1, -0.05) is 0 Å². The smallest absolute Gasteiger partial charge is 0.230 e. The van der Waals surface area contributed by atoms with Gasteiger partial charge >= 0.3 is 0 Å². The van der Waals surface area contributed by atoms with Crippen LogP contribution in [-0.4, -0.2) is 20.7 Å². The van der Waals surface area contributed by atoms with Gasteiger partial charge in [0.15, 0.2) is 16.8 Å². The number of thiazole rings is 1. The maximum Gasteiger partial charge on any atom is 0.230 e. The van der Waals surface area contributed by atoms with Crippen LogP contribution in [0, 0.1) is 32.4 Å². The van der Waals surface area contributed by atoms with E-state index in [0.29, 0.717) is 16.4 Å². The fraction of sp³-hybridized carbons (Fsp3) is 0.278. The first-order chi connectivity index (χ1) is 12.3. The third-order valence-electron chi connectivity index (χ3n) is 4.23. The molecule has 0 saturated heterocycles. The van der Waals surface area contributed by atoms with E-state index in [4.69, 9.17) is 0 Å². The molecule has 0 spiro atoms. The number of nitrogens with one attached hydrogen (secondary N) is 1. The summed E-state index contributed by atoms with van der Waals surface area (Å²) in [6.07, 6.45) is 0.199. The molecule has 8 heteroatoms. The van der Waals surface area contributed by atoms with Crippen LogP contribution in [0.3, 0.4) is 0 Å². The molecule has 0 aliphatic carbocycles. The highest BCUT2D eigenvalue weighted by atomic mass is 32.1. The van der Waals surface area contributed by atoms with Crippen LogP contribution in [-0.2, 0) is 18.3 Å². The number of anilines is 1. The van der Waals surface area contributed by atoms with Crippen molar-refractivity contribution in [3.63, 3.8) is 0 Å². The SMILES string of the molecule is Cc1nn(C)c(C)c1CC(=O)Nc1nc(-c2ccc(F)c(F)c2)c(C)s1. The van der Waals surface area contributed by atoms with E-state index in [0.717, 1.165) is 34.0 Å². The molecule has 136 valence electrons. The van der Waals surface area contributed by atoms with Gasteiger partial charge in [0.25, 0.3) is 0 Å². The standard InChI is InChI=1S/C18H18F2N4OS/c1-9-13(10(2)24(4)23-9)8-16(25)21-18-22-17(11(3)26-18)12-5-6-14(19)15(20)7-12/h5-7H,8H2,1-4H3,(H,21,22,25). The van der Waals surface area contributed by atoms with Crippen molar-refractivity contribution in [2.75, 3.05) is 5.32 Å². The number of aryl methyl sites for hydroxylation is 3. The first kappa shape index (κ1) is 18.2. The first-order valence-corrected chi connectivity index (χ1v) is 8.79. The van der Waals surface area contributed by atoms with Gasteiger partial charge in [0.05, 0.1) is 17.8 Å². The van der Waals surface area contributed by atoms with Gasteiger partial charge in [0.2, 0.25) is 5.91 Å². The topological polar surface area (TPSA) is 59.8 Å². The van der Waals surface area contributed by atoms with E-state index in [1.807, 2.05) is 27.8 Å². The molecule has 0 aliphatic heterocycles. The van der Waals surface area contributed by atoms with Gasteiger partial charge in [-0.2, -0.15) is 5.10 Å². The monoisotopic (exact) mass is 376 g/mol. The summed E-state index contributed by atoms with van der Waals surface area (Å²) >= 11 is 1.29. The number of hydrogen-bond donors (Lipinski definition) is 1. The first-order valence-electron chi connectivity index (χ1n) is 7.98. The minimum atomic E-state index is -0.928. The zero-order chi connectivity index (χ0) is 19.0. The highest BCUT2D eigenvalue weighted by Gasteiger charge is 2.17. The minimum absolute atomic E-state index is 0.199. The molecule has 1 N–H and O–H groups in total. The number of rotatable bonds is 4. The number of aromatic nitrogens is 3. The second-order valence-corrected chi connectivity index (χ2v) is 7.25. The van der Waals surface area contributed by atoms with Crippen molar-refractivity contribution in [2.45, 2.75) is 27.2 Å². The fourth-order valence-electron chi connectivity index (χ4n) is 2.76. The molecule has 1 aromatic carbocycles. The maximum atomic E-state index is 13.5. The second kappa shape index (κ2) is 6.95. The van der Waals surface area contributed by atoms with Crippen LogP contribution in [0.4, 0.5) is 13.9 Å². The lowest BCUT2D eigenvalue weighted by Crippen LogP contribution is -2.15. The molecule has 1 amide bonds. The third-order valence-corrected chi connectivity index (χ3v) is 5.12. The Balaban J connectivity index is 1.78. The van der Waals surface area contributed by atoms with Crippen molar-refractivity contribution < 1.29 is 13.6 Å². The van der Waals surface area contributed by atoms with Crippen LogP contribution >= 0.6 is 11.3 Å². The Hall–Kier alpha value is -2.61. The maximum absolute atomic E-state index is 13.5. The Morgan fingerprint density at radius 3 is 2.58 bits per heavy atom. The molecule has 0 unspecified atom stereocenters. The molecular weight excluding hydrogens is 358 g/mol. The summed E-state index contributed by atoms with van der Waals surface area (Å²) in [5.74, 6) is -2.03. The summed E-state index contributed by atoms with van der Waals surface area (Å²) in [4.78, 5) is 17.5. The predicted octanol–water partition coefficient (Wildman–Crippen LogP) is 3.93. The van der Waals surface area contributed by atoms with Gasteiger partial charge in [-0.25, -0.2) is 13.8 Å². The summed E-state index contributed by atoms with van der Waals surface area (Å²) in [7, 11) is 1.84. The van der Waals surface area contributed by atoms with Gasteiger partial charge in [0, 0.05) is 28.7 Å². The van der Waals surface area contributed by atoms with Gasteiger partial charge in [-0.3, -0.25) is 9.48 Å². The molecule has 0 bridgehead atoms. The van der Waals surface area contributed by atoms with E-state index in [1.165, 1.54) is 17.4 Å². The summed E-state index contributed by atoms with van der Waals surface area (Å²) in [6, 6.07) is 3.63. The summed E-state index contributed by atoms with van der Waals surface area (Å²) in [5.41, 5.74) is 3.64. The van der Waals surface area contributed by atoms with Gasteiger partial charge < -0.3 is 5.32 Å². The third kappa shape index (κ3) is 3.50. The molecule has 5 nitrogen and oxygen atoms in total. The number of carbonyl (C=O) groups excluding carboxylic acids is 1. The van der Waals surface area contributed by atoms with Crippen LogP contribution in [0.2, 0.25) is 0 Å². The van der Waals surface area contributed by atoms with E-state index in [2.05, 4.69) is 15.4 Å². The number of nitrogens with zero attached hydrogens (tertiary/aromatic N) is 3. The lowest BCUT2D eigenvalue weighted by molar-refractivity contribution is -0.115. The predicted molar refractivity (Wildman–Crippen MR) is 97.2 cm³/mol. The van der Waals surface area contributed by atoms with Crippen LogP contribution in [0.15, 0.2) is 18.2 Å². The van der Waals surface area contributed by atoms with E-state index in [-0.39, 0.29) is 12.3 Å². The van der Waals surface area contributed by atoms with Crippen LogP contribution in [0.25, 0.3) is 11.3 Å². The van der Waals surface area contributed by atoms with Crippen LogP contribution < -0.4 is 5.32 Å². The molecular formula is C18H18F2N4OS. The number of hydrogen-bond acceptors (Lipinski definition) is 4. The second-order valence-electron chi connectivity index (χ2n) is 6.05. The van der Waals surface area contributed by atoms with Crippen molar-refractivity contribution in [3.8, 4) is 11.3 Å². The van der Waals surface area contributed by atoms with Crippen molar-refractivity contribution in [3.05, 3.63) is 51.7 Å². The van der Waals surface area contributed by atoms with Crippen molar-refractivity contribution in [1.82, 2.24) is 14.8 Å². The average Bonchev–Trinajstić information content (AvgIpc) is 3.04. The Bertz CT molecular complexity index is 993. The van der Waals surface area contributed by atoms with Crippen LogP contribution in [0.5, 0.6) is 0 Å².